The van der Waals surface area contributed by atoms with Crippen LogP contribution in [-0.4, -0.2) is 10.2 Å². The first-order chi connectivity index (χ1) is 7.87. The summed E-state index contributed by atoms with van der Waals surface area (Å²) in [5, 5.41) is 0. The van der Waals surface area contributed by atoms with Crippen molar-refractivity contribution in [1.82, 2.24) is 4.57 Å². The summed E-state index contributed by atoms with van der Waals surface area (Å²) in [6, 6.07) is 3.66. The van der Waals surface area contributed by atoms with E-state index in [4.69, 9.17) is 0 Å². The zero-order chi connectivity index (χ0) is 12.6. The predicted molar refractivity (Wildman–Crippen MR) is 67.0 cm³/mol. The summed E-state index contributed by atoms with van der Waals surface area (Å²) in [6.07, 6.45) is 4.09. The van der Waals surface area contributed by atoms with Gasteiger partial charge in [-0.25, -0.2) is 4.39 Å². The number of halogens is 1. The van der Waals surface area contributed by atoms with Crippen LogP contribution < -0.4 is 5.56 Å². The fraction of sp³-hybridized carbons (Fsp3) is 0.643. The summed E-state index contributed by atoms with van der Waals surface area (Å²) >= 11 is 0. The van der Waals surface area contributed by atoms with Crippen molar-refractivity contribution in [3.63, 3.8) is 0 Å². The molecule has 0 radical (unpaired) electrons. The van der Waals surface area contributed by atoms with Gasteiger partial charge in [0, 0.05) is 18.3 Å². The largest absolute Gasteiger partial charge is 0.313 e. The lowest BCUT2D eigenvalue weighted by Gasteiger charge is -2.38. The molecule has 1 saturated carbocycles. The van der Waals surface area contributed by atoms with Crippen molar-refractivity contribution < 1.29 is 4.39 Å². The Balaban J connectivity index is 2.08. The number of hydrogen-bond acceptors (Lipinski definition) is 1. The van der Waals surface area contributed by atoms with Crippen LogP contribution in [0.2, 0.25) is 0 Å². The maximum absolute atomic E-state index is 13.4. The van der Waals surface area contributed by atoms with Gasteiger partial charge in [-0.1, -0.05) is 6.07 Å². The Kier molecular flexibility index (Phi) is 3.11. The van der Waals surface area contributed by atoms with Gasteiger partial charge in [-0.3, -0.25) is 4.79 Å². The average Bonchev–Trinajstić information content (AvgIpc) is 2.17. The van der Waals surface area contributed by atoms with Crippen molar-refractivity contribution in [2.24, 2.45) is 5.92 Å². The van der Waals surface area contributed by atoms with Gasteiger partial charge < -0.3 is 4.57 Å². The molecule has 1 fully saturated rings. The van der Waals surface area contributed by atoms with Crippen molar-refractivity contribution in [3.8, 4) is 0 Å². The van der Waals surface area contributed by atoms with Crippen LogP contribution in [0.3, 0.4) is 0 Å². The Labute approximate surface area is 101 Å². The molecule has 2 nitrogen and oxygen atoms in total. The molecule has 0 unspecified atom stereocenters. The zero-order valence-electron chi connectivity index (χ0n) is 10.7. The van der Waals surface area contributed by atoms with Crippen molar-refractivity contribution >= 4 is 0 Å². The van der Waals surface area contributed by atoms with E-state index in [-0.39, 0.29) is 11.6 Å². The van der Waals surface area contributed by atoms with E-state index in [0.717, 1.165) is 12.0 Å². The lowest BCUT2D eigenvalue weighted by atomic mass is 9.71. The molecule has 94 valence electrons. The minimum Gasteiger partial charge on any atom is -0.313 e. The van der Waals surface area contributed by atoms with Gasteiger partial charge in [0.05, 0.1) is 0 Å². The summed E-state index contributed by atoms with van der Waals surface area (Å²) in [4.78, 5) is 11.6. The highest BCUT2D eigenvalue weighted by Gasteiger charge is 2.40. The molecule has 3 heteroatoms. The quantitative estimate of drug-likeness (QED) is 0.791. The minimum absolute atomic E-state index is 0.0349. The highest BCUT2D eigenvalue weighted by atomic mass is 19.1. The molecule has 0 saturated heterocycles. The van der Waals surface area contributed by atoms with E-state index in [0.29, 0.717) is 18.8 Å². The lowest BCUT2D eigenvalue weighted by molar-refractivity contribution is 0.0257. The number of hydrogen-bond donors (Lipinski definition) is 0. The molecule has 17 heavy (non-hydrogen) atoms. The van der Waals surface area contributed by atoms with Crippen molar-refractivity contribution in [1.29, 1.82) is 0 Å². The van der Waals surface area contributed by atoms with Crippen LogP contribution in [-0.2, 0) is 6.42 Å². The highest BCUT2D eigenvalue weighted by Crippen LogP contribution is 2.42. The van der Waals surface area contributed by atoms with Crippen molar-refractivity contribution in [3.05, 3.63) is 34.2 Å². The smallest absolute Gasteiger partial charge is 0.250 e. The molecule has 1 aliphatic rings. The molecule has 2 rings (SSSR count). The summed E-state index contributed by atoms with van der Waals surface area (Å²) in [6.45, 7) is 5.65. The first-order valence-electron chi connectivity index (χ1n) is 6.27. The van der Waals surface area contributed by atoms with E-state index in [2.05, 4.69) is 0 Å². The second-order valence-electron chi connectivity index (χ2n) is 5.77. The standard InChI is InChI=1S/C14H20FNO/c1-10(2)16-9-11(4-5-13(16)17)6-12-7-14(3,15)8-12/h4-5,9-10,12H,6-8H2,1-3H3. The van der Waals surface area contributed by atoms with Gasteiger partial charge in [-0.05, 0) is 51.5 Å². The number of alkyl halides is 1. The number of aromatic nitrogens is 1. The molecule has 0 amide bonds. The van der Waals surface area contributed by atoms with Gasteiger partial charge >= 0.3 is 0 Å². The van der Waals surface area contributed by atoms with E-state index >= 15 is 0 Å². The monoisotopic (exact) mass is 237 g/mol. The maximum Gasteiger partial charge on any atom is 0.250 e. The average molecular weight is 237 g/mol. The van der Waals surface area contributed by atoms with Crippen LogP contribution in [0, 0.1) is 5.92 Å². The lowest BCUT2D eigenvalue weighted by Crippen LogP contribution is -2.37. The Morgan fingerprint density at radius 3 is 2.65 bits per heavy atom. The van der Waals surface area contributed by atoms with Crippen LogP contribution in [0.25, 0.3) is 0 Å². The SMILES string of the molecule is CC(C)n1cc(CC2CC(C)(F)C2)ccc1=O. The van der Waals surface area contributed by atoms with E-state index < -0.39 is 5.67 Å². The molecule has 0 aliphatic heterocycles. The second-order valence-corrected chi connectivity index (χ2v) is 5.77. The molecule has 1 aromatic heterocycles. The van der Waals surface area contributed by atoms with Crippen molar-refractivity contribution in [2.75, 3.05) is 0 Å². The van der Waals surface area contributed by atoms with Crippen LogP contribution in [0.1, 0.15) is 45.2 Å². The zero-order valence-corrected chi connectivity index (χ0v) is 10.7. The summed E-state index contributed by atoms with van der Waals surface area (Å²) < 4.78 is 15.1. The van der Waals surface area contributed by atoms with Gasteiger partial charge in [0.25, 0.3) is 5.56 Å². The second kappa shape index (κ2) is 4.28. The molecule has 0 atom stereocenters. The fourth-order valence-electron chi connectivity index (χ4n) is 2.70. The molecule has 1 aliphatic carbocycles. The minimum atomic E-state index is -0.961. The molecule has 0 aromatic carbocycles. The van der Waals surface area contributed by atoms with Gasteiger partial charge in [-0.2, -0.15) is 0 Å². The van der Waals surface area contributed by atoms with E-state index in [1.807, 2.05) is 26.1 Å². The van der Waals surface area contributed by atoms with Crippen molar-refractivity contribution in [2.45, 2.75) is 51.7 Å². The number of nitrogens with zero attached hydrogens (tertiary/aromatic N) is 1. The normalized spacial score (nSPS) is 28.2. The fourth-order valence-corrected chi connectivity index (χ4v) is 2.70. The van der Waals surface area contributed by atoms with Crippen LogP contribution in [0.5, 0.6) is 0 Å². The first-order valence-corrected chi connectivity index (χ1v) is 6.27. The third-order valence-electron chi connectivity index (χ3n) is 3.51. The molecular weight excluding hydrogens is 217 g/mol. The number of rotatable bonds is 3. The van der Waals surface area contributed by atoms with E-state index in [1.54, 1.807) is 17.6 Å². The predicted octanol–water partition coefficient (Wildman–Crippen LogP) is 3.11. The van der Waals surface area contributed by atoms with Gasteiger partial charge in [-0.15, -0.1) is 0 Å². The topological polar surface area (TPSA) is 22.0 Å². The highest BCUT2D eigenvalue weighted by molar-refractivity contribution is 5.13. The summed E-state index contributed by atoms with van der Waals surface area (Å²) in [7, 11) is 0. The van der Waals surface area contributed by atoms with Crippen LogP contribution in [0.15, 0.2) is 23.1 Å². The Morgan fingerprint density at radius 2 is 2.12 bits per heavy atom. The summed E-state index contributed by atoms with van der Waals surface area (Å²) in [5.74, 6) is 0.433. The third-order valence-corrected chi connectivity index (χ3v) is 3.51. The molecule has 0 spiro atoms. The first kappa shape index (κ1) is 12.3. The Hall–Kier alpha value is -1.12. The molecule has 0 bridgehead atoms. The molecular formula is C14H20FNO. The number of pyridine rings is 1. The van der Waals surface area contributed by atoms with E-state index in [1.165, 1.54) is 0 Å². The Bertz CT molecular complexity index is 454. The van der Waals surface area contributed by atoms with Gasteiger partial charge in [0.1, 0.15) is 5.67 Å². The molecule has 1 heterocycles. The maximum atomic E-state index is 13.4. The van der Waals surface area contributed by atoms with Gasteiger partial charge in [0.2, 0.25) is 0 Å². The van der Waals surface area contributed by atoms with Crippen LogP contribution >= 0.6 is 0 Å². The molecule has 0 N–H and O–H groups in total. The molecule has 1 aromatic rings. The van der Waals surface area contributed by atoms with E-state index in [9.17, 15) is 9.18 Å². The summed E-state index contributed by atoms with van der Waals surface area (Å²) in [5.41, 5.74) is 0.212. The van der Waals surface area contributed by atoms with Gasteiger partial charge in [0.15, 0.2) is 0 Å². The third kappa shape index (κ3) is 2.76. The van der Waals surface area contributed by atoms with Crippen LogP contribution in [0.4, 0.5) is 4.39 Å². The Morgan fingerprint density at radius 1 is 1.47 bits per heavy atom.